The first-order valence-corrected chi connectivity index (χ1v) is 28.0. The quantitative estimate of drug-likeness (QED) is 0.0313. The predicted molar refractivity (Wildman–Crippen MR) is 304 cm³/mol. The van der Waals surface area contributed by atoms with Crippen LogP contribution < -0.4 is 5.56 Å². The molecule has 19 nitrogen and oxygen atoms in total. The highest BCUT2D eigenvalue weighted by Crippen LogP contribution is 2.31. The van der Waals surface area contributed by atoms with E-state index in [2.05, 4.69) is 36.8 Å². The minimum absolute atomic E-state index is 0.00146. The van der Waals surface area contributed by atoms with Crippen LogP contribution in [0.25, 0.3) is 21.8 Å². The minimum atomic E-state index is -0.890. The Balaban J connectivity index is 1.02. The molecule has 3 fully saturated rings. The second kappa shape index (κ2) is 26.1. The Hall–Kier alpha value is -6.99. The Labute approximate surface area is 470 Å². The van der Waals surface area contributed by atoms with Gasteiger partial charge in [-0.05, 0) is 108 Å². The maximum atomic E-state index is 14.9. The van der Waals surface area contributed by atoms with Gasteiger partial charge in [-0.15, -0.1) is 19.7 Å². The molecule has 0 unspecified atom stereocenters. The number of fused-ring (bicyclic) bond motifs is 2. The molecule has 2 amide bonds. The van der Waals surface area contributed by atoms with Crippen LogP contribution in [0.5, 0.6) is 0 Å². The number of pyridine rings is 1. The van der Waals surface area contributed by atoms with Crippen LogP contribution in [-0.4, -0.2) is 153 Å². The average molecular weight is 1110 g/mol. The molecule has 0 N–H and O–H groups in total. The third-order valence-electron chi connectivity index (χ3n) is 15.7. The number of hydrogen-bond acceptors (Lipinski definition) is 14. The van der Waals surface area contributed by atoms with Gasteiger partial charge in [0.2, 0.25) is 18.5 Å². The van der Waals surface area contributed by atoms with E-state index in [9.17, 15) is 28.8 Å². The van der Waals surface area contributed by atoms with E-state index in [-0.39, 0.29) is 49.9 Å². The van der Waals surface area contributed by atoms with Crippen molar-refractivity contribution in [2.45, 2.75) is 148 Å². The van der Waals surface area contributed by atoms with Gasteiger partial charge in [-0.2, -0.15) is 5.10 Å². The lowest BCUT2D eigenvalue weighted by atomic mass is 9.88. The third kappa shape index (κ3) is 16.1. The van der Waals surface area contributed by atoms with E-state index in [4.69, 9.17) is 28.4 Å². The number of aryl methyl sites for hydroxylation is 1. The zero-order chi connectivity index (χ0) is 58.0. The summed E-state index contributed by atoms with van der Waals surface area (Å²) < 4.78 is 36.6. The number of carbonyl (C=O) groups excluding carboxylic acids is 5. The highest BCUT2D eigenvalue weighted by atomic mass is 16.7. The van der Waals surface area contributed by atoms with Gasteiger partial charge in [0.15, 0.2) is 13.5 Å². The maximum absolute atomic E-state index is 14.9. The highest BCUT2D eigenvalue weighted by molar-refractivity contribution is 5.87. The number of quaternary nitrogens is 1. The van der Waals surface area contributed by atoms with Gasteiger partial charge in [-0.25, -0.2) is 19.1 Å². The Morgan fingerprint density at radius 3 is 1.86 bits per heavy atom. The Morgan fingerprint density at radius 2 is 1.27 bits per heavy atom. The molecular formula is C61H84N7O12+. The van der Waals surface area contributed by atoms with E-state index in [1.807, 2.05) is 73.0 Å². The SMILES string of the molecule is C=CCC(C)(C)OC(=O)OCn1cc2cc(C[C@@H](CC(=O)N3CCC(c4cc5ccccc5n(COC(=O)OC(C)(C)CC=C)c4=O)CC3)C(=O)N3CCN(C4CC[N+](C)(COC(=O)OC(C)(C)CC=C)CC4)CC3)cc(C)c2n1. The minimum Gasteiger partial charge on any atom is -0.428 e. The fourth-order valence-electron chi connectivity index (χ4n) is 11.3. The van der Waals surface area contributed by atoms with Gasteiger partial charge in [0.1, 0.15) is 16.8 Å². The van der Waals surface area contributed by atoms with Gasteiger partial charge in [-0.3, -0.25) is 28.3 Å². The lowest BCUT2D eigenvalue weighted by Crippen LogP contribution is -2.59. The largest absolute Gasteiger partial charge is 0.513 e. The van der Waals surface area contributed by atoms with Gasteiger partial charge in [0.05, 0.1) is 37.1 Å². The standard InChI is InChI=1S/C61H84N7O12/c1-12-23-59(5,6)78-56(72)75-40-66-39-48-36-44(34-43(4)53(48)62-66)35-47(54(70)65-30-28-63(29-31-65)49-21-32-68(11,33-22-49)42-77-58(74)80-61(9,10)25-14-3)38-52(69)64-26-19-45(20-27-64)50-37-46-17-15-16-18-51(46)67(55(50)71)41-76-57(73)79-60(7,8)24-13-2/h12-18,34,36-37,39,45,47,49H,1-3,19-33,35,38,40-42H2,4-11H3/q+1/t47-,49?,68?/m0/s1. The number of rotatable bonds is 22. The number of carbonyl (C=O) groups is 5. The molecule has 0 radical (unpaired) electrons. The molecule has 434 valence electrons. The first kappa shape index (κ1) is 60.6. The van der Waals surface area contributed by atoms with Gasteiger partial charge >= 0.3 is 18.5 Å². The molecule has 2 aromatic heterocycles. The van der Waals surface area contributed by atoms with Crippen LogP contribution in [0.4, 0.5) is 14.4 Å². The molecule has 0 aliphatic carbocycles. The number of aromatic nitrogens is 3. The van der Waals surface area contributed by atoms with Crippen molar-refractivity contribution in [1.29, 1.82) is 0 Å². The summed E-state index contributed by atoms with van der Waals surface area (Å²) in [6, 6.07) is 13.6. The van der Waals surface area contributed by atoms with Crippen LogP contribution >= 0.6 is 0 Å². The molecule has 3 aliphatic heterocycles. The fraction of sp³-hybridized carbons (Fsp3) is 0.557. The van der Waals surface area contributed by atoms with Crippen molar-refractivity contribution in [3.05, 3.63) is 114 Å². The monoisotopic (exact) mass is 1110 g/mol. The normalized spacial score (nSPS) is 19.0. The lowest BCUT2D eigenvalue weighted by molar-refractivity contribution is -0.930. The van der Waals surface area contributed by atoms with Crippen molar-refractivity contribution in [2.75, 3.05) is 66.1 Å². The maximum Gasteiger partial charge on any atom is 0.513 e. The number of amides is 2. The van der Waals surface area contributed by atoms with Crippen LogP contribution in [0.15, 0.2) is 91.4 Å². The summed E-state index contributed by atoms with van der Waals surface area (Å²) in [6.07, 6.45) is 9.04. The number of hydrogen-bond donors (Lipinski definition) is 0. The molecule has 80 heavy (non-hydrogen) atoms. The number of likely N-dealkylation sites (tertiary alicyclic amines) is 2. The van der Waals surface area contributed by atoms with E-state index in [1.54, 1.807) is 52.1 Å². The summed E-state index contributed by atoms with van der Waals surface area (Å²) in [7, 11) is 2.10. The molecule has 19 heteroatoms. The molecule has 1 atom stereocenters. The van der Waals surface area contributed by atoms with Gasteiger partial charge in [-0.1, -0.05) is 42.5 Å². The average Bonchev–Trinajstić information content (AvgIpc) is 3.85. The van der Waals surface area contributed by atoms with Crippen molar-refractivity contribution in [3.8, 4) is 0 Å². The Morgan fingerprint density at radius 1 is 0.713 bits per heavy atom. The zero-order valence-corrected chi connectivity index (χ0v) is 48.4. The van der Waals surface area contributed by atoms with Crippen molar-refractivity contribution in [1.82, 2.24) is 29.0 Å². The zero-order valence-electron chi connectivity index (χ0n) is 48.4. The van der Waals surface area contributed by atoms with E-state index in [0.717, 1.165) is 47.8 Å². The van der Waals surface area contributed by atoms with Gasteiger partial charge in [0, 0.05) is 101 Å². The topological polar surface area (TPSA) is 190 Å². The summed E-state index contributed by atoms with van der Waals surface area (Å²) in [5.74, 6) is -1.04. The van der Waals surface area contributed by atoms with Gasteiger partial charge < -0.3 is 38.2 Å². The summed E-state index contributed by atoms with van der Waals surface area (Å²) in [6.45, 7) is 28.5. The van der Waals surface area contributed by atoms with Crippen molar-refractivity contribution in [2.24, 2.45) is 5.92 Å². The van der Waals surface area contributed by atoms with Crippen LogP contribution in [0, 0.1) is 12.8 Å². The smallest absolute Gasteiger partial charge is 0.428 e. The number of ether oxygens (including phenoxy) is 6. The van der Waals surface area contributed by atoms with E-state index < -0.39 is 41.2 Å². The molecule has 4 aromatic rings. The summed E-state index contributed by atoms with van der Waals surface area (Å²) >= 11 is 0. The van der Waals surface area contributed by atoms with Crippen LogP contribution in [0.2, 0.25) is 0 Å². The number of para-hydroxylation sites is 1. The number of nitrogens with zero attached hydrogens (tertiary/aromatic N) is 7. The molecule has 0 bridgehead atoms. The molecular weight excluding hydrogens is 1020 g/mol. The molecule has 5 heterocycles. The summed E-state index contributed by atoms with van der Waals surface area (Å²) in [4.78, 5) is 87.7. The fourth-order valence-corrected chi connectivity index (χ4v) is 11.3. The summed E-state index contributed by atoms with van der Waals surface area (Å²) in [5, 5.41) is 6.29. The Kier molecular flexibility index (Phi) is 19.8. The lowest BCUT2D eigenvalue weighted by Gasteiger charge is -2.45. The number of benzene rings is 2. The summed E-state index contributed by atoms with van der Waals surface area (Å²) in [5.41, 5.74) is 1.07. The first-order chi connectivity index (χ1) is 37.9. The highest BCUT2D eigenvalue weighted by Gasteiger charge is 2.38. The second-order valence-electron chi connectivity index (χ2n) is 24.0. The molecule has 0 saturated carbocycles. The second-order valence-corrected chi connectivity index (χ2v) is 24.0. The van der Waals surface area contributed by atoms with Crippen molar-refractivity contribution in [3.63, 3.8) is 0 Å². The molecule has 2 aromatic carbocycles. The third-order valence-corrected chi connectivity index (χ3v) is 15.7. The molecule has 7 rings (SSSR count). The number of piperazine rings is 1. The van der Waals surface area contributed by atoms with E-state index in [0.29, 0.717) is 105 Å². The van der Waals surface area contributed by atoms with Crippen molar-refractivity contribution >= 4 is 52.1 Å². The molecule has 3 aliphatic rings. The van der Waals surface area contributed by atoms with E-state index >= 15 is 0 Å². The number of piperidine rings is 2. The van der Waals surface area contributed by atoms with Crippen LogP contribution in [0.3, 0.4) is 0 Å². The van der Waals surface area contributed by atoms with E-state index in [1.165, 1.54) is 9.25 Å². The van der Waals surface area contributed by atoms with Crippen LogP contribution in [0.1, 0.15) is 116 Å². The predicted octanol–water partition coefficient (Wildman–Crippen LogP) is 9.76. The van der Waals surface area contributed by atoms with Crippen LogP contribution in [-0.2, 0) is 57.9 Å². The Bertz CT molecular complexity index is 2950. The molecule has 0 spiro atoms. The first-order valence-electron chi connectivity index (χ1n) is 28.0. The van der Waals surface area contributed by atoms with Crippen molar-refractivity contribution < 1.29 is 56.9 Å². The molecule has 3 saturated heterocycles. The van der Waals surface area contributed by atoms with Gasteiger partial charge in [0.25, 0.3) is 5.56 Å².